The minimum atomic E-state index is -0.344. The predicted octanol–water partition coefficient (Wildman–Crippen LogP) is 3.76. The molecular formula is C17H15FN2O2S. The predicted molar refractivity (Wildman–Crippen MR) is 87.6 cm³/mol. The number of halogens is 1. The van der Waals surface area contributed by atoms with E-state index < -0.39 is 0 Å². The Morgan fingerprint density at radius 1 is 1.26 bits per heavy atom. The van der Waals surface area contributed by atoms with E-state index in [9.17, 15) is 9.18 Å². The van der Waals surface area contributed by atoms with Gasteiger partial charge in [-0.15, -0.1) is 0 Å². The van der Waals surface area contributed by atoms with Gasteiger partial charge in [0.25, 0.3) is 5.22 Å². The molecule has 3 aromatic rings. The molecule has 3 rings (SSSR count). The highest BCUT2D eigenvalue weighted by molar-refractivity contribution is 8.00. The Morgan fingerprint density at radius 3 is 2.74 bits per heavy atom. The maximum Gasteiger partial charge on any atom is 0.257 e. The number of carbonyl (C=O) groups is 1. The molecule has 0 spiro atoms. The van der Waals surface area contributed by atoms with Crippen molar-refractivity contribution in [1.29, 1.82) is 0 Å². The second kappa shape index (κ2) is 6.83. The lowest BCUT2D eigenvalue weighted by Gasteiger charge is -2.10. The molecule has 1 N–H and O–H groups in total. The van der Waals surface area contributed by atoms with Crippen LogP contribution in [0, 0.1) is 5.82 Å². The van der Waals surface area contributed by atoms with Crippen LogP contribution in [0.4, 0.5) is 4.39 Å². The van der Waals surface area contributed by atoms with Crippen molar-refractivity contribution in [2.75, 3.05) is 0 Å². The van der Waals surface area contributed by atoms with Crippen LogP contribution in [0.1, 0.15) is 12.5 Å². The van der Waals surface area contributed by atoms with Crippen molar-refractivity contribution in [2.45, 2.75) is 23.9 Å². The first-order valence-electron chi connectivity index (χ1n) is 7.16. The number of benzene rings is 2. The summed E-state index contributed by atoms with van der Waals surface area (Å²) in [6.07, 6.45) is 0. The van der Waals surface area contributed by atoms with Crippen molar-refractivity contribution in [3.05, 3.63) is 59.9 Å². The lowest BCUT2D eigenvalue weighted by atomic mass is 10.2. The molecule has 0 fully saturated rings. The summed E-state index contributed by atoms with van der Waals surface area (Å²) in [6, 6.07) is 13.5. The van der Waals surface area contributed by atoms with Gasteiger partial charge in [-0.25, -0.2) is 9.37 Å². The molecule has 0 aliphatic rings. The molecular weight excluding hydrogens is 315 g/mol. The molecule has 1 heterocycles. The van der Waals surface area contributed by atoms with E-state index in [0.29, 0.717) is 17.4 Å². The number of aromatic nitrogens is 1. The van der Waals surface area contributed by atoms with Gasteiger partial charge in [0, 0.05) is 6.54 Å². The molecule has 1 unspecified atom stereocenters. The number of thioether (sulfide) groups is 1. The largest absolute Gasteiger partial charge is 0.431 e. The van der Waals surface area contributed by atoms with E-state index >= 15 is 0 Å². The molecule has 0 saturated heterocycles. The highest BCUT2D eigenvalue weighted by Crippen LogP contribution is 2.26. The van der Waals surface area contributed by atoms with Gasteiger partial charge in [0.05, 0.1) is 5.25 Å². The third-order valence-corrected chi connectivity index (χ3v) is 4.24. The molecule has 6 heteroatoms. The van der Waals surface area contributed by atoms with Crippen molar-refractivity contribution in [3.63, 3.8) is 0 Å². The minimum Gasteiger partial charge on any atom is -0.431 e. The Morgan fingerprint density at radius 2 is 2.00 bits per heavy atom. The zero-order valence-electron chi connectivity index (χ0n) is 12.5. The molecule has 1 amide bonds. The Hall–Kier alpha value is -2.34. The number of hydrogen-bond donors (Lipinski definition) is 1. The summed E-state index contributed by atoms with van der Waals surface area (Å²) in [5.41, 5.74) is 2.32. The average Bonchev–Trinajstić information content (AvgIpc) is 2.96. The molecule has 118 valence electrons. The maximum absolute atomic E-state index is 12.8. The molecule has 1 atom stereocenters. The second-order valence-corrected chi connectivity index (χ2v) is 6.34. The standard InChI is InChI=1S/C17H15FN2O2S/c1-11(16(21)19-10-12-6-8-13(18)9-7-12)23-17-20-14-4-2-3-5-15(14)22-17/h2-9,11H,10H2,1H3,(H,19,21). The van der Waals surface area contributed by atoms with E-state index in [1.807, 2.05) is 24.3 Å². The lowest BCUT2D eigenvalue weighted by molar-refractivity contribution is -0.120. The normalized spacial score (nSPS) is 12.3. The van der Waals surface area contributed by atoms with Crippen molar-refractivity contribution in [3.8, 4) is 0 Å². The van der Waals surface area contributed by atoms with Crippen LogP contribution in [0.15, 0.2) is 58.2 Å². The van der Waals surface area contributed by atoms with Gasteiger partial charge < -0.3 is 9.73 Å². The molecule has 0 radical (unpaired) electrons. The van der Waals surface area contributed by atoms with Crippen molar-refractivity contribution < 1.29 is 13.6 Å². The number of nitrogens with one attached hydrogen (secondary N) is 1. The molecule has 0 bridgehead atoms. The molecule has 0 aliphatic carbocycles. The third-order valence-electron chi connectivity index (χ3n) is 3.30. The van der Waals surface area contributed by atoms with Gasteiger partial charge in [-0.2, -0.15) is 0 Å². The fourth-order valence-corrected chi connectivity index (χ4v) is 2.82. The summed E-state index contributed by atoms with van der Waals surface area (Å²) in [6.45, 7) is 2.15. The quantitative estimate of drug-likeness (QED) is 0.724. The summed E-state index contributed by atoms with van der Waals surface area (Å²) in [7, 11) is 0. The van der Waals surface area contributed by atoms with Crippen LogP contribution in [0.3, 0.4) is 0 Å². The first-order valence-corrected chi connectivity index (χ1v) is 8.04. The minimum absolute atomic E-state index is 0.124. The number of hydrogen-bond acceptors (Lipinski definition) is 4. The van der Waals surface area contributed by atoms with Crippen molar-refractivity contribution in [2.24, 2.45) is 0 Å². The monoisotopic (exact) mass is 330 g/mol. The zero-order chi connectivity index (χ0) is 16.2. The number of nitrogens with zero attached hydrogens (tertiary/aromatic N) is 1. The molecule has 0 aliphatic heterocycles. The van der Waals surface area contributed by atoms with Gasteiger partial charge >= 0.3 is 0 Å². The van der Waals surface area contributed by atoms with Crippen LogP contribution in [-0.2, 0) is 11.3 Å². The highest BCUT2D eigenvalue weighted by Gasteiger charge is 2.17. The van der Waals surface area contributed by atoms with Gasteiger partial charge in [-0.1, -0.05) is 36.0 Å². The van der Waals surface area contributed by atoms with Gasteiger partial charge in [0.1, 0.15) is 11.3 Å². The van der Waals surface area contributed by atoms with Crippen molar-refractivity contribution >= 4 is 28.8 Å². The third kappa shape index (κ3) is 3.90. The SMILES string of the molecule is CC(Sc1nc2ccccc2o1)C(=O)NCc1ccc(F)cc1. The Bertz CT molecular complexity index is 784. The molecule has 4 nitrogen and oxygen atoms in total. The lowest BCUT2D eigenvalue weighted by Crippen LogP contribution is -2.30. The Labute approximate surface area is 137 Å². The zero-order valence-corrected chi connectivity index (χ0v) is 13.3. The van der Waals surface area contributed by atoms with Crippen molar-refractivity contribution in [1.82, 2.24) is 10.3 Å². The van der Waals surface area contributed by atoms with Crippen LogP contribution in [-0.4, -0.2) is 16.1 Å². The van der Waals surface area contributed by atoms with E-state index in [2.05, 4.69) is 10.3 Å². The smallest absolute Gasteiger partial charge is 0.257 e. The van der Waals surface area contributed by atoms with E-state index in [4.69, 9.17) is 4.42 Å². The van der Waals surface area contributed by atoms with Crippen LogP contribution >= 0.6 is 11.8 Å². The fraction of sp³-hybridized carbons (Fsp3) is 0.176. The fourth-order valence-electron chi connectivity index (χ4n) is 2.04. The number of para-hydroxylation sites is 2. The number of rotatable bonds is 5. The highest BCUT2D eigenvalue weighted by atomic mass is 32.2. The second-order valence-electron chi connectivity index (χ2n) is 5.05. The average molecular weight is 330 g/mol. The van der Waals surface area contributed by atoms with E-state index in [-0.39, 0.29) is 17.0 Å². The van der Waals surface area contributed by atoms with Gasteiger partial charge in [-0.3, -0.25) is 4.79 Å². The number of fused-ring (bicyclic) bond motifs is 1. The van der Waals surface area contributed by atoms with Crippen LogP contribution in [0.25, 0.3) is 11.1 Å². The molecule has 23 heavy (non-hydrogen) atoms. The summed E-state index contributed by atoms with van der Waals surface area (Å²) in [5, 5.41) is 2.94. The van der Waals surface area contributed by atoms with Gasteiger partial charge in [0.15, 0.2) is 5.58 Å². The molecule has 2 aromatic carbocycles. The summed E-state index contributed by atoms with van der Waals surface area (Å²) in [4.78, 5) is 16.5. The molecule has 0 saturated carbocycles. The molecule has 1 aromatic heterocycles. The number of oxazole rings is 1. The maximum atomic E-state index is 12.8. The Balaban J connectivity index is 1.57. The van der Waals surface area contributed by atoms with Crippen LogP contribution in [0.2, 0.25) is 0 Å². The van der Waals surface area contributed by atoms with Gasteiger partial charge in [0.2, 0.25) is 5.91 Å². The van der Waals surface area contributed by atoms with Crippen LogP contribution in [0.5, 0.6) is 0 Å². The summed E-state index contributed by atoms with van der Waals surface area (Å²) < 4.78 is 18.4. The number of amides is 1. The first-order chi connectivity index (χ1) is 11.1. The Kier molecular flexibility index (Phi) is 4.62. The topological polar surface area (TPSA) is 55.1 Å². The van der Waals surface area contributed by atoms with Crippen LogP contribution < -0.4 is 5.32 Å². The summed E-state index contributed by atoms with van der Waals surface area (Å²) >= 11 is 1.27. The summed E-state index contributed by atoms with van der Waals surface area (Å²) in [5.74, 6) is -0.415. The first kappa shape index (κ1) is 15.6. The van der Waals surface area contributed by atoms with Gasteiger partial charge in [-0.05, 0) is 36.8 Å². The number of carbonyl (C=O) groups excluding carboxylic acids is 1. The van der Waals surface area contributed by atoms with E-state index in [1.54, 1.807) is 19.1 Å². The van der Waals surface area contributed by atoms with E-state index in [1.165, 1.54) is 23.9 Å². The van der Waals surface area contributed by atoms with E-state index in [0.717, 1.165) is 11.1 Å².